The number of fused-ring (bicyclic) bond motifs is 1. The number of allylic oxidation sites excluding steroid dienone is 1. The Hall–Kier alpha value is -2.50. The van der Waals surface area contributed by atoms with Gasteiger partial charge in [-0.2, -0.15) is 0 Å². The van der Waals surface area contributed by atoms with Gasteiger partial charge in [-0.15, -0.1) is 11.3 Å². The second kappa shape index (κ2) is 6.10. The number of hydrogen-bond acceptors (Lipinski definition) is 4. The minimum absolute atomic E-state index is 0.170. The highest BCUT2D eigenvalue weighted by Gasteiger charge is 2.16. The Morgan fingerprint density at radius 3 is 2.72 bits per heavy atom. The highest BCUT2D eigenvalue weighted by atomic mass is 32.1. The Morgan fingerprint density at radius 1 is 1.12 bits per heavy atom. The zero-order chi connectivity index (χ0) is 17.6. The molecule has 2 aromatic carbocycles. The van der Waals surface area contributed by atoms with Crippen LogP contribution in [0.1, 0.15) is 21.6 Å². The third-order valence-electron chi connectivity index (χ3n) is 4.41. The zero-order valence-corrected chi connectivity index (χ0v) is 15.5. The van der Waals surface area contributed by atoms with Crippen LogP contribution in [0.3, 0.4) is 0 Å². The predicted molar refractivity (Wildman–Crippen MR) is 108 cm³/mol. The van der Waals surface area contributed by atoms with Gasteiger partial charge >= 0.3 is 0 Å². The molecule has 1 aliphatic heterocycles. The summed E-state index contributed by atoms with van der Waals surface area (Å²) < 4.78 is 2.34. The van der Waals surface area contributed by atoms with Crippen molar-refractivity contribution >= 4 is 47.1 Å². The van der Waals surface area contributed by atoms with Gasteiger partial charge in [-0.3, -0.25) is 9.56 Å². The summed E-state index contributed by atoms with van der Waals surface area (Å²) in [6.07, 6.45) is 3.77. The van der Waals surface area contributed by atoms with Gasteiger partial charge < -0.3 is 5.11 Å². The van der Waals surface area contributed by atoms with Crippen LogP contribution < -0.4 is 0 Å². The van der Waals surface area contributed by atoms with E-state index in [9.17, 15) is 5.11 Å². The molecule has 3 nitrogen and oxygen atoms in total. The van der Waals surface area contributed by atoms with Crippen molar-refractivity contribution in [3.63, 3.8) is 0 Å². The van der Waals surface area contributed by atoms with Gasteiger partial charge in [-0.25, -0.2) is 0 Å². The lowest BCUT2D eigenvalue weighted by Crippen LogP contribution is -1.94. The van der Waals surface area contributed by atoms with Crippen molar-refractivity contribution in [1.29, 1.82) is 0 Å². The number of aromatic hydroxyl groups is 1. The van der Waals surface area contributed by atoms with Crippen molar-refractivity contribution in [1.82, 2.24) is 4.57 Å². The van der Waals surface area contributed by atoms with E-state index in [1.807, 2.05) is 54.8 Å². The molecule has 0 spiro atoms. The maximum atomic E-state index is 10.7. The fourth-order valence-corrected chi connectivity index (χ4v) is 4.16. The summed E-state index contributed by atoms with van der Waals surface area (Å²) in [4.78, 5) is 5.15. The lowest BCUT2D eigenvalue weighted by molar-refractivity contribution is 0.441. The number of benzene rings is 2. The molecule has 1 aliphatic rings. The van der Waals surface area contributed by atoms with E-state index in [0.29, 0.717) is 3.95 Å². The largest absolute Gasteiger partial charge is 0.493 e. The molecule has 0 fully saturated rings. The maximum Gasteiger partial charge on any atom is 0.215 e. The Balaban J connectivity index is 1.82. The quantitative estimate of drug-likeness (QED) is 0.579. The van der Waals surface area contributed by atoms with Crippen LogP contribution in [0.4, 0.5) is 5.69 Å². The third kappa shape index (κ3) is 2.75. The fourth-order valence-electron chi connectivity index (χ4n) is 2.86. The number of aliphatic imine (C=N–C) groups is 1. The first-order valence-electron chi connectivity index (χ1n) is 7.92. The Labute approximate surface area is 155 Å². The first-order chi connectivity index (χ1) is 12.0. The molecule has 124 valence electrons. The van der Waals surface area contributed by atoms with E-state index in [2.05, 4.69) is 18.8 Å². The molecule has 0 atom stereocenters. The maximum absolute atomic E-state index is 10.7. The van der Waals surface area contributed by atoms with Crippen molar-refractivity contribution in [2.24, 2.45) is 4.99 Å². The minimum atomic E-state index is 0.170. The monoisotopic (exact) mass is 364 g/mol. The normalized spacial score (nSPS) is 14.2. The van der Waals surface area contributed by atoms with Crippen LogP contribution in [0.5, 0.6) is 5.88 Å². The summed E-state index contributed by atoms with van der Waals surface area (Å²) in [5, 5.41) is 10.7. The fraction of sp³-hybridized carbons (Fsp3) is 0.100. The first kappa shape index (κ1) is 16.0. The van der Waals surface area contributed by atoms with E-state index in [1.165, 1.54) is 22.5 Å². The number of para-hydroxylation sites is 1. The van der Waals surface area contributed by atoms with Crippen LogP contribution in [-0.2, 0) is 0 Å². The summed E-state index contributed by atoms with van der Waals surface area (Å²) in [6.45, 7) is 4.12. The van der Waals surface area contributed by atoms with Crippen LogP contribution in [0, 0.1) is 17.8 Å². The van der Waals surface area contributed by atoms with Gasteiger partial charge in [-0.05, 0) is 61.5 Å². The number of aryl methyl sites for hydroxylation is 2. The van der Waals surface area contributed by atoms with Gasteiger partial charge in [0.25, 0.3) is 0 Å². The molecule has 0 bridgehead atoms. The minimum Gasteiger partial charge on any atom is -0.493 e. The van der Waals surface area contributed by atoms with E-state index in [-0.39, 0.29) is 5.88 Å². The molecule has 25 heavy (non-hydrogen) atoms. The Morgan fingerprint density at radius 2 is 1.92 bits per heavy atom. The van der Waals surface area contributed by atoms with Gasteiger partial charge in [0.15, 0.2) is 3.95 Å². The van der Waals surface area contributed by atoms with Crippen molar-refractivity contribution in [3.05, 3.63) is 68.0 Å². The van der Waals surface area contributed by atoms with Gasteiger partial charge in [0.2, 0.25) is 5.88 Å². The number of hydrogen-bond donors (Lipinski definition) is 1. The lowest BCUT2D eigenvalue weighted by Gasteiger charge is -2.07. The van der Waals surface area contributed by atoms with E-state index in [1.54, 1.807) is 4.57 Å². The van der Waals surface area contributed by atoms with Gasteiger partial charge in [0.1, 0.15) is 0 Å². The van der Waals surface area contributed by atoms with E-state index >= 15 is 0 Å². The zero-order valence-electron chi connectivity index (χ0n) is 13.9. The number of thiazole rings is 1. The Kier molecular flexibility index (Phi) is 3.90. The van der Waals surface area contributed by atoms with Crippen LogP contribution in [-0.4, -0.2) is 15.9 Å². The first-order valence-corrected chi connectivity index (χ1v) is 9.14. The molecule has 0 radical (unpaired) electrons. The average Bonchev–Trinajstić information content (AvgIpc) is 3.12. The molecule has 5 heteroatoms. The van der Waals surface area contributed by atoms with Crippen molar-refractivity contribution in [2.45, 2.75) is 13.8 Å². The van der Waals surface area contributed by atoms with Crippen molar-refractivity contribution in [2.75, 3.05) is 0 Å². The summed E-state index contributed by atoms with van der Waals surface area (Å²) in [5.74, 6) is 0.170. The summed E-state index contributed by atoms with van der Waals surface area (Å²) in [6, 6.07) is 14.0. The molecule has 1 aromatic heterocycles. The number of aromatic nitrogens is 1. The molecule has 0 saturated carbocycles. The molecular formula is C20H16N2OS2. The molecule has 0 unspecified atom stereocenters. The smallest absolute Gasteiger partial charge is 0.215 e. The average molecular weight is 364 g/mol. The van der Waals surface area contributed by atoms with E-state index < -0.39 is 0 Å². The molecule has 3 aromatic rings. The molecular weight excluding hydrogens is 348 g/mol. The van der Waals surface area contributed by atoms with Gasteiger partial charge in [0.05, 0.1) is 16.3 Å². The highest BCUT2D eigenvalue weighted by molar-refractivity contribution is 7.73. The summed E-state index contributed by atoms with van der Waals surface area (Å²) in [5.41, 5.74) is 6.26. The molecule has 0 amide bonds. The molecule has 0 aliphatic carbocycles. The second-order valence-electron chi connectivity index (χ2n) is 6.03. The number of nitrogens with zero attached hydrogens (tertiary/aromatic N) is 2. The number of rotatable bonds is 2. The van der Waals surface area contributed by atoms with Gasteiger partial charge in [0, 0.05) is 17.4 Å². The SMILES string of the molecule is Cc1ccc(-n2c(O)c(/C=C3\C=Nc4ccccc43)sc2=S)cc1C. The summed E-state index contributed by atoms with van der Waals surface area (Å²) in [7, 11) is 0. The lowest BCUT2D eigenvalue weighted by atomic mass is 10.1. The standard InChI is InChI=1S/C20H16N2OS2/c1-12-7-8-15(9-13(12)2)22-19(23)18(25-20(22)24)10-14-11-21-17-6-4-3-5-16(14)17/h3-11,23H,1-2H3/b14-10+. The second-order valence-corrected chi connectivity index (χ2v) is 7.71. The van der Waals surface area contributed by atoms with Crippen LogP contribution in [0.2, 0.25) is 0 Å². The van der Waals surface area contributed by atoms with Crippen molar-refractivity contribution in [3.8, 4) is 11.6 Å². The van der Waals surface area contributed by atoms with E-state index in [4.69, 9.17) is 12.2 Å². The van der Waals surface area contributed by atoms with Crippen molar-refractivity contribution < 1.29 is 5.11 Å². The molecule has 1 N–H and O–H groups in total. The molecule has 2 heterocycles. The summed E-state index contributed by atoms with van der Waals surface area (Å²) >= 11 is 6.89. The van der Waals surface area contributed by atoms with Gasteiger partial charge in [-0.1, -0.05) is 24.3 Å². The Bertz CT molecular complexity index is 1100. The predicted octanol–water partition coefficient (Wildman–Crippen LogP) is 5.85. The van der Waals surface area contributed by atoms with Crippen LogP contribution in [0.15, 0.2) is 47.5 Å². The van der Waals surface area contributed by atoms with Crippen LogP contribution >= 0.6 is 23.6 Å². The third-order valence-corrected chi connectivity index (χ3v) is 5.72. The van der Waals surface area contributed by atoms with E-state index in [0.717, 1.165) is 27.4 Å². The van der Waals surface area contributed by atoms with Crippen LogP contribution in [0.25, 0.3) is 17.3 Å². The highest BCUT2D eigenvalue weighted by Crippen LogP contribution is 2.37. The molecule has 4 rings (SSSR count). The topological polar surface area (TPSA) is 37.5 Å². The molecule has 0 saturated heterocycles.